The Hall–Kier alpha value is -3.28. The summed E-state index contributed by atoms with van der Waals surface area (Å²) in [5.74, 6) is -0.598. The first-order valence-corrected chi connectivity index (χ1v) is 8.18. The largest absolute Gasteiger partial charge is 0.322 e. The number of aryl methyl sites for hydroxylation is 3. The number of carbonyl (C=O) groups excluding carboxylic acids is 1. The van der Waals surface area contributed by atoms with E-state index in [1.54, 1.807) is 31.2 Å². The number of benzene rings is 2. The lowest BCUT2D eigenvalue weighted by Crippen LogP contribution is -2.16. The van der Waals surface area contributed by atoms with Crippen molar-refractivity contribution in [3.8, 4) is 0 Å². The molecule has 2 aromatic carbocycles. The molecule has 6 heteroatoms. The second kappa shape index (κ2) is 7.31. The molecule has 0 aliphatic heterocycles. The van der Waals surface area contributed by atoms with Gasteiger partial charge in [-0.2, -0.15) is 0 Å². The van der Waals surface area contributed by atoms with E-state index in [0.717, 1.165) is 16.8 Å². The van der Waals surface area contributed by atoms with Gasteiger partial charge < -0.3 is 10.6 Å². The van der Waals surface area contributed by atoms with Crippen molar-refractivity contribution in [3.63, 3.8) is 0 Å². The minimum absolute atomic E-state index is 0.167. The van der Waals surface area contributed by atoms with Crippen LogP contribution in [0.1, 0.15) is 27.3 Å². The molecule has 0 aliphatic rings. The van der Waals surface area contributed by atoms with Gasteiger partial charge in [0.15, 0.2) is 0 Å². The minimum Gasteiger partial charge on any atom is -0.322 e. The van der Waals surface area contributed by atoms with Gasteiger partial charge in [-0.3, -0.25) is 4.79 Å². The van der Waals surface area contributed by atoms with E-state index in [0.29, 0.717) is 5.69 Å². The third kappa shape index (κ3) is 4.03. The summed E-state index contributed by atoms with van der Waals surface area (Å²) >= 11 is 0. The van der Waals surface area contributed by atoms with Gasteiger partial charge in [-0.15, -0.1) is 0 Å². The topological polar surface area (TPSA) is 66.9 Å². The first-order valence-electron chi connectivity index (χ1n) is 8.18. The monoisotopic (exact) mass is 350 g/mol. The Balaban J connectivity index is 1.85. The number of hydrogen-bond donors (Lipinski definition) is 2. The molecule has 1 amide bonds. The Morgan fingerprint density at radius 2 is 1.73 bits per heavy atom. The molecule has 0 unspecified atom stereocenters. The van der Waals surface area contributed by atoms with Crippen molar-refractivity contribution in [1.29, 1.82) is 0 Å². The van der Waals surface area contributed by atoms with Crippen LogP contribution in [0.15, 0.2) is 48.5 Å². The molecule has 0 fully saturated rings. The van der Waals surface area contributed by atoms with Gasteiger partial charge >= 0.3 is 0 Å². The van der Waals surface area contributed by atoms with Crippen molar-refractivity contribution < 1.29 is 9.18 Å². The molecular weight excluding hydrogens is 331 g/mol. The van der Waals surface area contributed by atoms with Gasteiger partial charge in [0, 0.05) is 11.4 Å². The van der Waals surface area contributed by atoms with Gasteiger partial charge in [0.25, 0.3) is 5.91 Å². The van der Waals surface area contributed by atoms with Crippen molar-refractivity contribution in [3.05, 3.63) is 76.9 Å². The van der Waals surface area contributed by atoms with Gasteiger partial charge in [-0.05, 0) is 50.6 Å². The van der Waals surface area contributed by atoms with Crippen LogP contribution < -0.4 is 10.6 Å². The highest BCUT2D eigenvalue weighted by Crippen LogP contribution is 2.19. The average molecular weight is 350 g/mol. The highest BCUT2D eigenvalue weighted by Gasteiger charge is 2.13. The van der Waals surface area contributed by atoms with E-state index in [9.17, 15) is 9.18 Å². The second-order valence-corrected chi connectivity index (χ2v) is 6.10. The van der Waals surface area contributed by atoms with Crippen molar-refractivity contribution in [2.24, 2.45) is 0 Å². The van der Waals surface area contributed by atoms with E-state index < -0.39 is 5.82 Å². The summed E-state index contributed by atoms with van der Waals surface area (Å²) in [5, 5.41) is 5.67. The van der Waals surface area contributed by atoms with Crippen LogP contribution in [0, 0.1) is 26.6 Å². The van der Waals surface area contributed by atoms with Crippen molar-refractivity contribution in [1.82, 2.24) is 9.97 Å². The van der Waals surface area contributed by atoms with Crippen LogP contribution in [0.5, 0.6) is 0 Å². The van der Waals surface area contributed by atoms with Gasteiger partial charge in [0.05, 0.1) is 5.69 Å². The predicted molar refractivity (Wildman–Crippen MR) is 100 cm³/mol. The summed E-state index contributed by atoms with van der Waals surface area (Å²) in [6.45, 7) is 5.67. The van der Waals surface area contributed by atoms with Gasteiger partial charge in [-0.1, -0.05) is 29.8 Å². The summed E-state index contributed by atoms with van der Waals surface area (Å²) in [6, 6.07) is 13.6. The first kappa shape index (κ1) is 17.5. The molecule has 3 rings (SSSR count). The van der Waals surface area contributed by atoms with Crippen molar-refractivity contribution in [2.75, 3.05) is 10.6 Å². The molecule has 0 atom stereocenters. The second-order valence-electron chi connectivity index (χ2n) is 6.10. The molecule has 132 valence electrons. The van der Waals surface area contributed by atoms with E-state index in [1.807, 2.05) is 32.0 Å². The maximum Gasteiger partial charge on any atom is 0.274 e. The third-order valence-corrected chi connectivity index (χ3v) is 3.84. The molecule has 2 N–H and O–H groups in total. The van der Waals surface area contributed by atoms with E-state index >= 15 is 0 Å². The van der Waals surface area contributed by atoms with Crippen LogP contribution in [-0.2, 0) is 0 Å². The van der Waals surface area contributed by atoms with Crippen LogP contribution in [0.25, 0.3) is 0 Å². The van der Waals surface area contributed by atoms with Crippen LogP contribution in [0.3, 0.4) is 0 Å². The van der Waals surface area contributed by atoms with Gasteiger partial charge in [0.2, 0.25) is 5.95 Å². The summed E-state index contributed by atoms with van der Waals surface area (Å²) < 4.78 is 13.8. The van der Waals surface area contributed by atoms with Gasteiger partial charge in [-0.25, -0.2) is 14.4 Å². The molecule has 0 saturated carbocycles. The SMILES string of the molecule is Cc1ccc(NC(=O)c2cc(C)nc(Nc3ccccc3F)n2)c(C)c1. The molecule has 0 spiro atoms. The Bertz CT molecular complexity index is 972. The fraction of sp³-hybridized carbons (Fsp3) is 0.150. The quantitative estimate of drug-likeness (QED) is 0.725. The lowest BCUT2D eigenvalue weighted by atomic mass is 10.1. The van der Waals surface area contributed by atoms with Crippen LogP contribution >= 0.6 is 0 Å². The first-order chi connectivity index (χ1) is 12.4. The summed E-state index contributed by atoms with van der Waals surface area (Å²) in [5.41, 5.74) is 3.86. The third-order valence-electron chi connectivity index (χ3n) is 3.84. The fourth-order valence-electron chi connectivity index (χ4n) is 2.56. The molecule has 1 aromatic heterocycles. The maximum absolute atomic E-state index is 13.8. The zero-order chi connectivity index (χ0) is 18.7. The Morgan fingerprint density at radius 1 is 0.962 bits per heavy atom. The number of rotatable bonds is 4. The lowest BCUT2D eigenvalue weighted by Gasteiger charge is -2.11. The number of carbonyl (C=O) groups is 1. The summed E-state index contributed by atoms with van der Waals surface area (Å²) in [6.07, 6.45) is 0. The Morgan fingerprint density at radius 3 is 2.46 bits per heavy atom. The highest BCUT2D eigenvalue weighted by molar-refractivity contribution is 6.03. The molecule has 0 aliphatic carbocycles. The molecule has 0 saturated heterocycles. The number of halogens is 1. The molecule has 26 heavy (non-hydrogen) atoms. The predicted octanol–water partition coefficient (Wildman–Crippen LogP) is 4.54. The molecule has 1 heterocycles. The van der Waals surface area contributed by atoms with E-state index in [1.165, 1.54) is 6.07 Å². The van der Waals surface area contributed by atoms with Crippen LogP contribution in [-0.4, -0.2) is 15.9 Å². The number of nitrogens with one attached hydrogen (secondary N) is 2. The maximum atomic E-state index is 13.8. The average Bonchev–Trinajstić information content (AvgIpc) is 2.59. The van der Waals surface area contributed by atoms with Crippen LogP contribution in [0.2, 0.25) is 0 Å². The van der Waals surface area contributed by atoms with E-state index in [2.05, 4.69) is 20.6 Å². The number of nitrogens with zero attached hydrogens (tertiary/aromatic N) is 2. The van der Waals surface area contributed by atoms with E-state index in [-0.39, 0.29) is 23.2 Å². The number of para-hydroxylation sites is 1. The zero-order valence-electron chi connectivity index (χ0n) is 14.8. The molecule has 5 nitrogen and oxygen atoms in total. The standard InChI is InChI=1S/C20H19FN4O/c1-12-8-9-16(13(2)10-12)23-19(26)18-11-14(3)22-20(25-18)24-17-7-5-4-6-15(17)21/h4-11H,1-3H3,(H,23,26)(H,22,24,25). The summed E-state index contributed by atoms with van der Waals surface area (Å²) in [4.78, 5) is 21.0. The highest BCUT2D eigenvalue weighted by atomic mass is 19.1. The van der Waals surface area contributed by atoms with Gasteiger partial charge in [0.1, 0.15) is 11.5 Å². The van der Waals surface area contributed by atoms with Crippen molar-refractivity contribution in [2.45, 2.75) is 20.8 Å². The molecule has 0 radical (unpaired) electrons. The number of aromatic nitrogens is 2. The molecular formula is C20H19FN4O. The fourth-order valence-corrected chi connectivity index (χ4v) is 2.56. The van der Waals surface area contributed by atoms with Crippen LogP contribution in [0.4, 0.5) is 21.7 Å². The number of amides is 1. The normalized spacial score (nSPS) is 10.5. The molecule has 0 bridgehead atoms. The Kier molecular flexibility index (Phi) is 4.93. The van der Waals surface area contributed by atoms with Crippen molar-refractivity contribution >= 4 is 23.2 Å². The number of hydrogen-bond acceptors (Lipinski definition) is 4. The summed E-state index contributed by atoms with van der Waals surface area (Å²) in [7, 11) is 0. The molecule has 3 aromatic rings. The van der Waals surface area contributed by atoms with E-state index in [4.69, 9.17) is 0 Å². The minimum atomic E-state index is -0.418. The lowest BCUT2D eigenvalue weighted by molar-refractivity contribution is 0.102. The smallest absolute Gasteiger partial charge is 0.274 e. The Labute approximate surface area is 151 Å². The number of anilines is 3. The zero-order valence-corrected chi connectivity index (χ0v) is 14.8.